The molecule has 0 aromatic heterocycles. The van der Waals surface area contributed by atoms with Crippen LogP contribution in [0, 0.1) is 5.92 Å². The van der Waals surface area contributed by atoms with Crippen LogP contribution < -0.4 is 5.32 Å². The summed E-state index contributed by atoms with van der Waals surface area (Å²) < 4.78 is 27.7. The highest BCUT2D eigenvalue weighted by Crippen LogP contribution is 2.33. The van der Waals surface area contributed by atoms with Crippen molar-refractivity contribution < 1.29 is 13.2 Å². The smallest absolute Gasteiger partial charge is 0.243 e. The van der Waals surface area contributed by atoms with Crippen LogP contribution in [0.15, 0.2) is 45.8 Å². The predicted molar refractivity (Wildman–Crippen MR) is 116 cm³/mol. The third-order valence-electron chi connectivity index (χ3n) is 4.54. The summed E-state index contributed by atoms with van der Waals surface area (Å²) in [5.74, 6) is -0.539. The molecule has 0 atom stereocenters. The standard InChI is InChI=1S/C18H16BrCl3N2O3S/c19-12-1-3-13(4-2-12)28(26,27)24-7-5-11(6-8-24)18(25)23-17-10-15(21)14(20)9-16(17)22/h1-4,9-11H,5-8H2,(H,23,25). The molecule has 5 nitrogen and oxygen atoms in total. The maximum atomic E-state index is 12.7. The van der Waals surface area contributed by atoms with Gasteiger partial charge in [0.1, 0.15) is 0 Å². The number of nitrogens with one attached hydrogen (secondary N) is 1. The van der Waals surface area contributed by atoms with E-state index < -0.39 is 10.0 Å². The van der Waals surface area contributed by atoms with Gasteiger partial charge in [0.2, 0.25) is 15.9 Å². The summed E-state index contributed by atoms with van der Waals surface area (Å²) in [4.78, 5) is 12.8. The fourth-order valence-corrected chi connectivity index (χ4v) is 5.30. The van der Waals surface area contributed by atoms with Gasteiger partial charge in [-0.1, -0.05) is 50.7 Å². The zero-order chi connectivity index (χ0) is 20.5. The number of halogens is 4. The molecule has 0 bridgehead atoms. The van der Waals surface area contributed by atoms with E-state index in [2.05, 4.69) is 21.2 Å². The fourth-order valence-electron chi connectivity index (χ4n) is 2.97. The minimum absolute atomic E-state index is 0.221. The van der Waals surface area contributed by atoms with E-state index in [0.717, 1.165) is 4.47 Å². The largest absolute Gasteiger partial charge is 0.324 e. The van der Waals surface area contributed by atoms with Gasteiger partial charge >= 0.3 is 0 Å². The lowest BCUT2D eigenvalue weighted by Gasteiger charge is -2.30. The molecule has 150 valence electrons. The lowest BCUT2D eigenvalue weighted by atomic mass is 9.97. The number of carbonyl (C=O) groups excluding carboxylic acids is 1. The van der Waals surface area contributed by atoms with Crippen molar-refractivity contribution in [1.29, 1.82) is 0 Å². The Labute approximate surface area is 187 Å². The van der Waals surface area contributed by atoms with Gasteiger partial charge in [-0.05, 0) is 49.2 Å². The second kappa shape index (κ2) is 8.90. The highest BCUT2D eigenvalue weighted by Gasteiger charge is 2.32. The quantitative estimate of drug-likeness (QED) is 0.539. The lowest BCUT2D eigenvalue weighted by Crippen LogP contribution is -2.41. The first-order valence-corrected chi connectivity index (χ1v) is 11.8. The van der Waals surface area contributed by atoms with Gasteiger partial charge in [0.15, 0.2) is 0 Å². The Morgan fingerprint density at radius 2 is 1.57 bits per heavy atom. The third-order valence-corrected chi connectivity index (χ3v) is 8.02. The highest BCUT2D eigenvalue weighted by molar-refractivity contribution is 9.10. The van der Waals surface area contributed by atoms with Gasteiger partial charge in [-0.15, -0.1) is 0 Å². The summed E-state index contributed by atoms with van der Waals surface area (Å²) in [6.07, 6.45) is 0.834. The number of rotatable bonds is 4. The molecular weight excluding hydrogens is 511 g/mol. The van der Waals surface area contributed by atoms with Gasteiger partial charge in [-0.25, -0.2) is 8.42 Å². The molecule has 0 spiro atoms. The number of benzene rings is 2. The van der Waals surface area contributed by atoms with Crippen LogP contribution in [0.5, 0.6) is 0 Å². The molecule has 1 amide bonds. The van der Waals surface area contributed by atoms with E-state index in [1.54, 1.807) is 24.3 Å². The van der Waals surface area contributed by atoms with E-state index in [1.165, 1.54) is 16.4 Å². The zero-order valence-corrected chi connectivity index (χ0v) is 19.1. The van der Waals surface area contributed by atoms with Crippen molar-refractivity contribution in [3.8, 4) is 0 Å². The molecule has 2 aromatic rings. The highest BCUT2D eigenvalue weighted by atomic mass is 79.9. The topological polar surface area (TPSA) is 66.5 Å². The summed E-state index contributed by atoms with van der Waals surface area (Å²) in [7, 11) is -3.58. The molecule has 0 saturated carbocycles. The van der Waals surface area contributed by atoms with Crippen LogP contribution in [0.2, 0.25) is 15.1 Å². The number of hydrogen-bond donors (Lipinski definition) is 1. The Morgan fingerprint density at radius 1 is 1.00 bits per heavy atom. The minimum atomic E-state index is -3.58. The predicted octanol–water partition coefficient (Wildman–Crippen LogP) is 5.45. The molecule has 1 aliphatic rings. The van der Waals surface area contributed by atoms with Crippen LogP contribution in [0.1, 0.15) is 12.8 Å². The SMILES string of the molecule is O=C(Nc1cc(Cl)c(Cl)cc1Cl)C1CCN(S(=O)(=O)c2ccc(Br)cc2)CC1. The second-order valence-electron chi connectivity index (χ2n) is 6.37. The molecule has 0 radical (unpaired) electrons. The number of nitrogens with zero attached hydrogens (tertiary/aromatic N) is 1. The Hall–Kier alpha value is -0.830. The van der Waals surface area contributed by atoms with Crippen molar-refractivity contribution in [2.75, 3.05) is 18.4 Å². The molecule has 2 aromatic carbocycles. The van der Waals surface area contributed by atoms with Crippen molar-refractivity contribution in [2.45, 2.75) is 17.7 Å². The van der Waals surface area contributed by atoms with Crippen LogP contribution in [0.3, 0.4) is 0 Å². The molecule has 1 heterocycles. The van der Waals surface area contributed by atoms with Crippen LogP contribution >= 0.6 is 50.7 Å². The minimum Gasteiger partial charge on any atom is -0.324 e. The lowest BCUT2D eigenvalue weighted by molar-refractivity contribution is -0.120. The number of anilines is 1. The van der Waals surface area contributed by atoms with E-state index in [4.69, 9.17) is 34.8 Å². The molecule has 1 aliphatic heterocycles. The molecule has 1 fully saturated rings. The van der Waals surface area contributed by atoms with Gasteiger partial charge in [0.25, 0.3) is 0 Å². The van der Waals surface area contributed by atoms with Crippen LogP contribution in [0.25, 0.3) is 0 Å². The number of amides is 1. The van der Waals surface area contributed by atoms with Crippen molar-refractivity contribution in [3.63, 3.8) is 0 Å². The van der Waals surface area contributed by atoms with E-state index in [-0.39, 0.29) is 39.9 Å². The first-order chi connectivity index (χ1) is 13.2. The Balaban J connectivity index is 1.64. The molecule has 1 saturated heterocycles. The normalized spacial score (nSPS) is 16.1. The summed E-state index contributed by atoms with van der Waals surface area (Å²) >= 11 is 21.3. The van der Waals surface area contributed by atoms with Crippen LogP contribution in [-0.2, 0) is 14.8 Å². The maximum absolute atomic E-state index is 12.7. The van der Waals surface area contributed by atoms with Crippen molar-refractivity contribution in [2.24, 2.45) is 5.92 Å². The van der Waals surface area contributed by atoms with Gasteiger partial charge in [0.05, 0.1) is 25.7 Å². The van der Waals surface area contributed by atoms with Crippen LogP contribution in [-0.4, -0.2) is 31.7 Å². The number of piperidine rings is 1. The molecule has 1 N–H and O–H groups in total. The number of sulfonamides is 1. The molecule has 0 unspecified atom stereocenters. The van der Waals surface area contributed by atoms with E-state index >= 15 is 0 Å². The molecule has 28 heavy (non-hydrogen) atoms. The summed E-state index contributed by atoms with van der Waals surface area (Å²) in [5, 5.41) is 3.63. The van der Waals surface area contributed by atoms with Crippen molar-refractivity contribution in [1.82, 2.24) is 4.31 Å². The Kier molecular flexibility index (Phi) is 6.95. The molecule has 3 rings (SSSR count). The molecular formula is C18H16BrCl3N2O3S. The fraction of sp³-hybridized carbons (Fsp3) is 0.278. The van der Waals surface area contributed by atoms with Gasteiger partial charge < -0.3 is 5.32 Å². The number of hydrogen-bond acceptors (Lipinski definition) is 3. The number of carbonyl (C=O) groups is 1. The van der Waals surface area contributed by atoms with E-state index in [9.17, 15) is 13.2 Å². The zero-order valence-electron chi connectivity index (χ0n) is 14.5. The van der Waals surface area contributed by atoms with Crippen molar-refractivity contribution in [3.05, 3.63) is 55.9 Å². The molecule has 10 heteroatoms. The Bertz CT molecular complexity index is 992. The Morgan fingerprint density at radius 3 is 2.18 bits per heavy atom. The van der Waals surface area contributed by atoms with Crippen molar-refractivity contribution >= 4 is 72.4 Å². The maximum Gasteiger partial charge on any atom is 0.243 e. The third kappa shape index (κ3) is 4.83. The summed E-state index contributed by atoms with van der Waals surface area (Å²) in [6.45, 7) is 0.539. The van der Waals surface area contributed by atoms with Gasteiger partial charge in [-0.3, -0.25) is 4.79 Å². The first kappa shape index (κ1) is 21.9. The van der Waals surface area contributed by atoms with Gasteiger partial charge in [-0.2, -0.15) is 4.31 Å². The first-order valence-electron chi connectivity index (χ1n) is 8.39. The van der Waals surface area contributed by atoms with E-state index in [0.29, 0.717) is 23.6 Å². The summed E-state index contributed by atoms with van der Waals surface area (Å²) in [5.41, 5.74) is 0.381. The van der Waals surface area contributed by atoms with E-state index in [1.807, 2.05) is 0 Å². The average Bonchev–Trinajstić information content (AvgIpc) is 2.66. The monoisotopic (exact) mass is 524 g/mol. The van der Waals surface area contributed by atoms with Crippen LogP contribution in [0.4, 0.5) is 5.69 Å². The summed E-state index contributed by atoms with van der Waals surface area (Å²) in [6, 6.07) is 9.46. The van der Waals surface area contributed by atoms with Gasteiger partial charge in [0, 0.05) is 23.5 Å². The molecule has 0 aliphatic carbocycles. The second-order valence-corrected chi connectivity index (χ2v) is 10.4. The average molecular weight is 527 g/mol.